The molecule has 0 aliphatic rings. The van der Waals surface area contributed by atoms with Crippen molar-refractivity contribution in [2.75, 3.05) is 13.7 Å². The van der Waals surface area contributed by atoms with E-state index < -0.39 is 0 Å². The summed E-state index contributed by atoms with van der Waals surface area (Å²) in [4.78, 5) is 0. The number of aryl methyl sites for hydroxylation is 2. The van der Waals surface area contributed by atoms with Crippen molar-refractivity contribution in [2.45, 2.75) is 13.3 Å². The quantitative estimate of drug-likeness (QED) is 0.895. The second kappa shape index (κ2) is 5.23. The third-order valence-corrected chi connectivity index (χ3v) is 2.99. The SMILES string of the molecule is COc1ccc(-c2nn(C)cc2CCN)cc1C. The van der Waals surface area contributed by atoms with Crippen LogP contribution in [0.25, 0.3) is 11.3 Å². The zero-order chi connectivity index (χ0) is 13.1. The average Bonchev–Trinajstić information content (AvgIpc) is 2.71. The summed E-state index contributed by atoms with van der Waals surface area (Å²) < 4.78 is 7.11. The number of ether oxygens (including phenoxy) is 1. The number of hydrogen-bond donors (Lipinski definition) is 1. The van der Waals surface area contributed by atoms with Gasteiger partial charge in [0.05, 0.1) is 12.8 Å². The third-order valence-electron chi connectivity index (χ3n) is 2.99. The Morgan fingerprint density at radius 1 is 1.39 bits per heavy atom. The van der Waals surface area contributed by atoms with E-state index in [1.807, 2.05) is 37.0 Å². The minimum atomic E-state index is 0.633. The Hall–Kier alpha value is -1.81. The molecule has 2 aromatic rings. The van der Waals surface area contributed by atoms with Gasteiger partial charge in [0.2, 0.25) is 0 Å². The van der Waals surface area contributed by atoms with Crippen LogP contribution in [-0.2, 0) is 13.5 Å². The molecule has 0 spiro atoms. The first-order chi connectivity index (χ1) is 8.65. The molecular weight excluding hydrogens is 226 g/mol. The van der Waals surface area contributed by atoms with Gasteiger partial charge in [0, 0.05) is 18.8 Å². The maximum Gasteiger partial charge on any atom is 0.121 e. The molecule has 1 heterocycles. The molecule has 2 N–H and O–H groups in total. The van der Waals surface area contributed by atoms with Gasteiger partial charge in [-0.15, -0.1) is 0 Å². The molecular formula is C14H19N3O. The molecule has 4 heteroatoms. The van der Waals surface area contributed by atoms with Crippen molar-refractivity contribution >= 4 is 0 Å². The maximum atomic E-state index is 5.64. The number of nitrogens with zero attached hydrogens (tertiary/aromatic N) is 2. The Morgan fingerprint density at radius 2 is 2.17 bits per heavy atom. The van der Waals surface area contributed by atoms with Crippen LogP contribution in [0.5, 0.6) is 5.75 Å². The summed E-state index contributed by atoms with van der Waals surface area (Å²) in [7, 11) is 3.61. The van der Waals surface area contributed by atoms with Crippen LogP contribution in [0.4, 0.5) is 0 Å². The molecule has 0 amide bonds. The van der Waals surface area contributed by atoms with Crippen molar-refractivity contribution in [2.24, 2.45) is 12.8 Å². The molecule has 18 heavy (non-hydrogen) atoms. The minimum absolute atomic E-state index is 0.633. The highest BCUT2D eigenvalue weighted by atomic mass is 16.5. The van der Waals surface area contributed by atoms with E-state index in [-0.39, 0.29) is 0 Å². The number of methoxy groups -OCH3 is 1. The first kappa shape index (κ1) is 12.6. The average molecular weight is 245 g/mol. The number of benzene rings is 1. The van der Waals surface area contributed by atoms with Gasteiger partial charge in [-0.1, -0.05) is 0 Å². The van der Waals surface area contributed by atoms with Gasteiger partial charge < -0.3 is 10.5 Å². The van der Waals surface area contributed by atoms with E-state index in [2.05, 4.69) is 11.2 Å². The van der Waals surface area contributed by atoms with Crippen LogP contribution in [0.1, 0.15) is 11.1 Å². The van der Waals surface area contributed by atoms with E-state index in [0.29, 0.717) is 6.54 Å². The predicted octanol–water partition coefficient (Wildman–Crippen LogP) is 1.91. The lowest BCUT2D eigenvalue weighted by Gasteiger charge is -2.07. The van der Waals surface area contributed by atoms with Crippen LogP contribution in [-0.4, -0.2) is 23.4 Å². The van der Waals surface area contributed by atoms with Gasteiger partial charge in [-0.3, -0.25) is 4.68 Å². The lowest BCUT2D eigenvalue weighted by atomic mass is 10.0. The van der Waals surface area contributed by atoms with Gasteiger partial charge in [0.15, 0.2) is 0 Å². The number of hydrogen-bond acceptors (Lipinski definition) is 3. The number of aromatic nitrogens is 2. The second-order valence-electron chi connectivity index (χ2n) is 4.40. The highest BCUT2D eigenvalue weighted by Crippen LogP contribution is 2.27. The summed E-state index contributed by atoms with van der Waals surface area (Å²) >= 11 is 0. The predicted molar refractivity (Wildman–Crippen MR) is 72.7 cm³/mol. The number of nitrogens with two attached hydrogens (primary N) is 1. The molecule has 0 bridgehead atoms. The van der Waals surface area contributed by atoms with E-state index in [1.165, 1.54) is 5.56 Å². The smallest absolute Gasteiger partial charge is 0.121 e. The van der Waals surface area contributed by atoms with Gasteiger partial charge in [0.1, 0.15) is 5.75 Å². The summed E-state index contributed by atoms with van der Waals surface area (Å²) in [6.45, 7) is 2.67. The van der Waals surface area contributed by atoms with E-state index in [9.17, 15) is 0 Å². The zero-order valence-electron chi connectivity index (χ0n) is 11.1. The summed E-state index contributed by atoms with van der Waals surface area (Å²) in [6, 6.07) is 6.11. The normalized spacial score (nSPS) is 10.7. The van der Waals surface area contributed by atoms with Crippen molar-refractivity contribution in [1.82, 2.24) is 9.78 Å². The third kappa shape index (κ3) is 2.38. The highest BCUT2D eigenvalue weighted by Gasteiger charge is 2.10. The molecule has 0 fully saturated rings. The first-order valence-electron chi connectivity index (χ1n) is 6.03. The fourth-order valence-corrected chi connectivity index (χ4v) is 2.14. The van der Waals surface area contributed by atoms with E-state index in [0.717, 1.165) is 29.0 Å². The van der Waals surface area contributed by atoms with Crippen LogP contribution in [0.15, 0.2) is 24.4 Å². The Balaban J connectivity index is 2.44. The lowest BCUT2D eigenvalue weighted by molar-refractivity contribution is 0.412. The van der Waals surface area contributed by atoms with Crippen LogP contribution in [0, 0.1) is 6.92 Å². The van der Waals surface area contributed by atoms with Crippen LogP contribution >= 0.6 is 0 Å². The monoisotopic (exact) mass is 245 g/mol. The highest BCUT2D eigenvalue weighted by molar-refractivity contribution is 5.65. The lowest BCUT2D eigenvalue weighted by Crippen LogP contribution is -2.02. The second-order valence-corrected chi connectivity index (χ2v) is 4.40. The molecule has 2 rings (SSSR count). The van der Waals surface area contributed by atoms with Gasteiger partial charge in [-0.05, 0) is 49.2 Å². The Kier molecular flexibility index (Phi) is 3.67. The fraction of sp³-hybridized carbons (Fsp3) is 0.357. The largest absolute Gasteiger partial charge is 0.496 e. The molecule has 0 saturated carbocycles. The topological polar surface area (TPSA) is 53.1 Å². The van der Waals surface area contributed by atoms with Crippen molar-refractivity contribution in [3.63, 3.8) is 0 Å². The van der Waals surface area contributed by atoms with Gasteiger partial charge in [-0.2, -0.15) is 5.10 Å². The molecule has 1 aromatic carbocycles. The van der Waals surface area contributed by atoms with Crippen molar-refractivity contribution in [1.29, 1.82) is 0 Å². The first-order valence-corrected chi connectivity index (χ1v) is 6.03. The van der Waals surface area contributed by atoms with Crippen molar-refractivity contribution < 1.29 is 4.74 Å². The molecule has 0 aliphatic carbocycles. The maximum absolute atomic E-state index is 5.64. The Bertz CT molecular complexity index is 546. The molecule has 0 radical (unpaired) electrons. The van der Waals surface area contributed by atoms with Crippen LogP contribution in [0.2, 0.25) is 0 Å². The molecule has 1 aromatic heterocycles. The summed E-state index contributed by atoms with van der Waals surface area (Å²) in [5.41, 5.74) is 10.0. The van der Waals surface area contributed by atoms with Crippen LogP contribution in [0.3, 0.4) is 0 Å². The van der Waals surface area contributed by atoms with E-state index in [1.54, 1.807) is 7.11 Å². The standard InChI is InChI=1S/C14H19N3O/c1-10-8-11(4-5-13(10)18-3)14-12(6-7-15)9-17(2)16-14/h4-5,8-9H,6-7,15H2,1-3H3. The Labute approximate surface area is 107 Å². The minimum Gasteiger partial charge on any atom is -0.496 e. The van der Waals surface area contributed by atoms with Crippen LogP contribution < -0.4 is 10.5 Å². The van der Waals surface area contributed by atoms with Crippen molar-refractivity contribution in [3.05, 3.63) is 35.5 Å². The van der Waals surface area contributed by atoms with Gasteiger partial charge in [-0.25, -0.2) is 0 Å². The summed E-state index contributed by atoms with van der Waals surface area (Å²) in [6.07, 6.45) is 2.87. The molecule has 0 aliphatic heterocycles. The van der Waals surface area contributed by atoms with Gasteiger partial charge >= 0.3 is 0 Å². The molecule has 0 unspecified atom stereocenters. The molecule has 0 atom stereocenters. The van der Waals surface area contributed by atoms with Crippen molar-refractivity contribution in [3.8, 4) is 17.0 Å². The fourth-order valence-electron chi connectivity index (χ4n) is 2.14. The van der Waals surface area contributed by atoms with E-state index >= 15 is 0 Å². The van der Waals surface area contributed by atoms with E-state index in [4.69, 9.17) is 10.5 Å². The summed E-state index contributed by atoms with van der Waals surface area (Å²) in [5.74, 6) is 0.898. The Morgan fingerprint density at radius 3 is 2.78 bits per heavy atom. The summed E-state index contributed by atoms with van der Waals surface area (Å²) in [5, 5.41) is 4.52. The molecule has 0 saturated heterocycles. The molecule has 96 valence electrons. The molecule has 4 nitrogen and oxygen atoms in total. The number of rotatable bonds is 4. The zero-order valence-corrected chi connectivity index (χ0v) is 11.1. The van der Waals surface area contributed by atoms with Gasteiger partial charge in [0.25, 0.3) is 0 Å².